The summed E-state index contributed by atoms with van der Waals surface area (Å²) in [7, 11) is 3.16. The molecule has 2 aromatic carbocycles. The van der Waals surface area contributed by atoms with Gasteiger partial charge in [0.15, 0.2) is 0 Å². The van der Waals surface area contributed by atoms with Gasteiger partial charge in [-0.05, 0) is 48.5 Å². The predicted octanol–water partition coefficient (Wildman–Crippen LogP) is 3.84. The first-order valence-electron chi connectivity index (χ1n) is 9.11. The van der Waals surface area contributed by atoms with Crippen LogP contribution < -0.4 is 24.8 Å². The van der Waals surface area contributed by atoms with Crippen LogP contribution in [0, 0.1) is 0 Å². The average molecular weight is 393 g/mol. The molecule has 0 atom stereocenters. The van der Waals surface area contributed by atoms with Crippen molar-refractivity contribution in [2.45, 2.75) is 0 Å². The number of amides is 1. The van der Waals surface area contributed by atoms with Crippen LogP contribution in [0.5, 0.6) is 17.2 Å². The smallest absolute Gasteiger partial charge is 0.259 e. The second kappa shape index (κ2) is 9.98. The number of rotatable bonds is 9. The van der Waals surface area contributed by atoms with Crippen molar-refractivity contribution in [3.05, 3.63) is 72.4 Å². The minimum absolute atomic E-state index is 0.252. The number of anilines is 2. The van der Waals surface area contributed by atoms with Gasteiger partial charge in [-0.3, -0.25) is 4.79 Å². The van der Waals surface area contributed by atoms with Crippen LogP contribution in [0.3, 0.4) is 0 Å². The summed E-state index contributed by atoms with van der Waals surface area (Å²) < 4.78 is 16.0. The number of nitrogens with one attached hydrogen (secondary N) is 2. The van der Waals surface area contributed by atoms with Gasteiger partial charge in [-0.25, -0.2) is 4.98 Å². The number of carbonyl (C=O) groups is 1. The molecule has 3 rings (SSSR count). The summed E-state index contributed by atoms with van der Waals surface area (Å²) in [4.78, 5) is 16.7. The third kappa shape index (κ3) is 5.62. The van der Waals surface area contributed by atoms with Crippen LogP contribution in [0.2, 0.25) is 0 Å². The van der Waals surface area contributed by atoms with E-state index < -0.39 is 0 Å². The van der Waals surface area contributed by atoms with E-state index in [1.54, 1.807) is 43.6 Å². The maximum absolute atomic E-state index is 12.4. The Kier molecular flexibility index (Phi) is 6.89. The number of ether oxygens (including phenoxy) is 3. The summed E-state index contributed by atoms with van der Waals surface area (Å²) >= 11 is 0. The summed E-state index contributed by atoms with van der Waals surface area (Å²) in [6.07, 6.45) is 1.60. The van der Waals surface area contributed by atoms with Crippen molar-refractivity contribution in [2.75, 3.05) is 38.0 Å². The van der Waals surface area contributed by atoms with E-state index in [0.29, 0.717) is 36.0 Å². The Balaban J connectivity index is 1.46. The van der Waals surface area contributed by atoms with Crippen molar-refractivity contribution in [3.63, 3.8) is 0 Å². The highest BCUT2D eigenvalue weighted by Gasteiger charge is 2.11. The SMILES string of the molecule is COc1ccc(OCCNc2ccc(NC(=O)c3ccccc3OC)cn2)cc1. The highest BCUT2D eigenvalue weighted by atomic mass is 16.5. The molecule has 0 aliphatic rings. The van der Waals surface area contributed by atoms with E-state index in [9.17, 15) is 4.79 Å². The predicted molar refractivity (Wildman–Crippen MR) is 112 cm³/mol. The van der Waals surface area contributed by atoms with Crippen molar-refractivity contribution in [3.8, 4) is 17.2 Å². The van der Waals surface area contributed by atoms with Crippen LogP contribution in [0.25, 0.3) is 0 Å². The van der Waals surface area contributed by atoms with E-state index in [0.717, 1.165) is 11.5 Å². The summed E-state index contributed by atoms with van der Waals surface area (Å²) in [5.74, 6) is 2.53. The number of hydrogen-bond acceptors (Lipinski definition) is 6. The molecule has 0 radical (unpaired) electrons. The molecule has 0 spiro atoms. The van der Waals surface area contributed by atoms with E-state index in [4.69, 9.17) is 14.2 Å². The summed E-state index contributed by atoms with van der Waals surface area (Å²) in [6, 6.07) is 18.1. The van der Waals surface area contributed by atoms with Crippen LogP contribution in [0.1, 0.15) is 10.4 Å². The molecular weight excluding hydrogens is 370 g/mol. The molecule has 2 N–H and O–H groups in total. The molecule has 1 amide bonds. The van der Waals surface area contributed by atoms with Gasteiger partial charge in [-0.2, -0.15) is 0 Å². The zero-order valence-corrected chi connectivity index (χ0v) is 16.3. The number of nitrogens with zero attached hydrogens (tertiary/aromatic N) is 1. The van der Waals surface area contributed by atoms with Gasteiger partial charge in [0, 0.05) is 0 Å². The molecule has 0 aliphatic heterocycles. The number of carbonyl (C=O) groups excluding carboxylic acids is 1. The topological polar surface area (TPSA) is 81.7 Å². The molecule has 29 heavy (non-hydrogen) atoms. The lowest BCUT2D eigenvalue weighted by atomic mass is 10.2. The quantitative estimate of drug-likeness (QED) is 0.538. The molecule has 1 aromatic heterocycles. The molecule has 7 nitrogen and oxygen atoms in total. The van der Waals surface area contributed by atoms with Crippen LogP contribution in [-0.4, -0.2) is 38.3 Å². The lowest BCUT2D eigenvalue weighted by Crippen LogP contribution is -2.14. The summed E-state index contributed by atoms with van der Waals surface area (Å²) in [5.41, 5.74) is 1.06. The van der Waals surface area contributed by atoms with E-state index in [1.165, 1.54) is 7.11 Å². The van der Waals surface area contributed by atoms with Gasteiger partial charge >= 0.3 is 0 Å². The third-order valence-corrected chi connectivity index (χ3v) is 4.11. The molecule has 7 heteroatoms. The maximum atomic E-state index is 12.4. The Labute approximate surface area is 169 Å². The Bertz CT molecular complexity index is 928. The Hall–Kier alpha value is -3.74. The first-order chi connectivity index (χ1) is 14.2. The lowest BCUT2D eigenvalue weighted by Gasteiger charge is -2.10. The molecule has 0 unspecified atom stereocenters. The minimum atomic E-state index is -0.252. The minimum Gasteiger partial charge on any atom is -0.497 e. The number of para-hydroxylation sites is 1. The summed E-state index contributed by atoms with van der Waals surface area (Å²) in [6.45, 7) is 1.08. The molecule has 0 saturated heterocycles. The number of methoxy groups -OCH3 is 2. The number of benzene rings is 2. The van der Waals surface area contributed by atoms with Gasteiger partial charge < -0.3 is 24.8 Å². The fourth-order valence-corrected chi connectivity index (χ4v) is 2.62. The number of hydrogen-bond donors (Lipinski definition) is 2. The fourth-order valence-electron chi connectivity index (χ4n) is 2.62. The normalized spacial score (nSPS) is 10.1. The van der Waals surface area contributed by atoms with Crippen molar-refractivity contribution in [1.29, 1.82) is 0 Å². The van der Waals surface area contributed by atoms with Crippen LogP contribution in [-0.2, 0) is 0 Å². The van der Waals surface area contributed by atoms with Crippen LogP contribution >= 0.6 is 0 Å². The Morgan fingerprint density at radius 2 is 1.69 bits per heavy atom. The fraction of sp³-hybridized carbons (Fsp3) is 0.182. The van der Waals surface area contributed by atoms with Gasteiger partial charge in [-0.15, -0.1) is 0 Å². The van der Waals surface area contributed by atoms with Crippen molar-refractivity contribution in [2.24, 2.45) is 0 Å². The highest BCUT2D eigenvalue weighted by Crippen LogP contribution is 2.19. The van der Waals surface area contributed by atoms with Gasteiger partial charge in [0.05, 0.1) is 38.2 Å². The van der Waals surface area contributed by atoms with Gasteiger partial charge in [0.2, 0.25) is 0 Å². The van der Waals surface area contributed by atoms with Crippen LogP contribution in [0.15, 0.2) is 66.9 Å². The molecule has 0 fully saturated rings. The monoisotopic (exact) mass is 393 g/mol. The van der Waals surface area contributed by atoms with Crippen molar-refractivity contribution in [1.82, 2.24) is 4.98 Å². The van der Waals surface area contributed by atoms with E-state index in [2.05, 4.69) is 15.6 Å². The molecule has 0 saturated carbocycles. The van der Waals surface area contributed by atoms with Gasteiger partial charge in [0.1, 0.15) is 29.7 Å². The molecular formula is C22H23N3O4. The standard InChI is InChI=1S/C22H23N3O4/c1-27-17-8-10-18(11-9-17)29-14-13-23-21-12-7-16(15-24-21)25-22(26)19-5-3-4-6-20(19)28-2/h3-12,15H,13-14H2,1-2H3,(H,23,24)(H,25,26). The molecule has 0 bridgehead atoms. The Morgan fingerprint density at radius 3 is 2.38 bits per heavy atom. The third-order valence-electron chi connectivity index (χ3n) is 4.11. The van der Waals surface area contributed by atoms with Crippen molar-refractivity contribution >= 4 is 17.4 Å². The second-order valence-electron chi connectivity index (χ2n) is 6.04. The van der Waals surface area contributed by atoms with E-state index >= 15 is 0 Å². The van der Waals surface area contributed by atoms with Gasteiger partial charge in [-0.1, -0.05) is 12.1 Å². The largest absolute Gasteiger partial charge is 0.497 e. The molecule has 150 valence electrons. The van der Waals surface area contributed by atoms with Crippen LogP contribution in [0.4, 0.5) is 11.5 Å². The van der Waals surface area contributed by atoms with E-state index in [-0.39, 0.29) is 5.91 Å². The second-order valence-corrected chi connectivity index (χ2v) is 6.04. The van der Waals surface area contributed by atoms with Gasteiger partial charge in [0.25, 0.3) is 5.91 Å². The maximum Gasteiger partial charge on any atom is 0.259 e. The summed E-state index contributed by atoms with van der Waals surface area (Å²) in [5, 5.41) is 5.99. The highest BCUT2D eigenvalue weighted by molar-refractivity contribution is 6.06. The van der Waals surface area contributed by atoms with Crippen molar-refractivity contribution < 1.29 is 19.0 Å². The zero-order chi connectivity index (χ0) is 20.5. The average Bonchev–Trinajstić information content (AvgIpc) is 2.78. The number of pyridine rings is 1. The molecule has 0 aliphatic carbocycles. The van der Waals surface area contributed by atoms with E-state index in [1.807, 2.05) is 30.3 Å². The lowest BCUT2D eigenvalue weighted by molar-refractivity contribution is 0.102. The molecule has 3 aromatic rings. The number of aromatic nitrogens is 1. The zero-order valence-electron chi connectivity index (χ0n) is 16.3. The first kappa shape index (κ1) is 20.0. The molecule has 1 heterocycles. The Morgan fingerprint density at radius 1 is 0.931 bits per heavy atom. The first-order valence-corrected chi connectivity index (χ1v) is 9.11.